The number of carbonyl (C=O) groups is 1. The van der Waals surface area contributed by atoms with Crippen molar-refractivity contribution in [1.82, 2.24) is 0 Å². The third-order valence-corrected chi connectivity index (χ3v) is 9.38. The van der Waals surface area contributed by atoms with Gasteiger partial charge in [-0.15, -0.1) is 0 Å². The predicted molar refractivity (Wildman–Crippen MR) is 117 cm³/mol. The zero-order valence-corrected chi connectivity index (χ0v) is 18.5. The van der Waals surface area contributed by atoms with E-state index in [1.807, 2.05) is 12.1 Å². The van der Waals surface area contributed by atoms with E-state index in [2.05, 4.69) is 0 Å². The maximum Gasteiger partial charge on any atom is 0.335 e. The Bertz CT molecular complexity index is 1080. The standard InChI is InChI=1S/C25H28O5S/c1-30-23-7-6-21(31(28,29)15-16-2-4-20(5-3-16)24(26)27)11-22(23)25-12-17-8-18(13-25)10-19(9-17)14-25/h2-7,11,17-19H,8-10,12-15H2,1H3,(H,26,27). The Labute approximate surface area is 183 Å². The van der Waals surface area contributed by atoms with Gasteiger partial charge in [0.25, 0.3) is 0 Å². The molecule has 0 aromatic heterocycles. The Balaban J connectivity index is 1.48. The summed E-state index contributed by atoms with van der Waals surface area (Å²) in [5.41, 5.74) is 1.83. The van der Waals surface area contributed by atoms with Crippen LogP contribution in [0.15, 0.2) is 47.4 Å². The maximum absolute atomic E-state index is 13.2. The van der Waals surface area contributed by atoms with Gasteiger partial charge in [0.1, 0.15) is 5.75 Å². The summed E-state index contributed by atoms with van der Waals surface area (Å²) in [5.74, 6) is 1.88. The Hall–Kier alpha value is -2.34. The van der Waals surface area contributed by atoms with E-state index in [1.165, 1.54) is 31.4 Å². The van der Waals surface area contributed by atoms with Crippen molar-refractivity contribution in [2.24, 2.45) is 17.8 Å². The minimum absolute atomic E-state index is 0.0365. The molecule has 6 rings (SSSR count). The van der Waals surface area contributed by atoms with E-state index >= 15 is 0 Å². The first-order valence-corrected chi connectivity index (χ1v) is 12.7. The van der Waals surface area contributed by atoms with Crippen molar-refractivity contribution in [1.29, 1.82) is 0 Å². The van der Waals surface area contributed by atoms with Crippen molar-refractivity contribution in [3.63, 3.8) is 0 Å². The van der Waals surface area contributed by atoms with Gasteiger partial charge in [0.15, 0.2) is 9.84 Å². The highest BCUT2D eigenvalue weighted by molar-refractivity contribution is 7.90. The molecule has 2 aromatic rings. The van der Waals surface area contributed by atoms with Crippen LogP contribution in [0.3, 0.4) is 0 Å². The van der Waals surface area contributed by atoms with E-state index in [9.17, 15) is 13.2 Å². The van der Waals surface area contributed by atoms with Gasteiger partial charge in [-0.05, 0) is 97.6 Å². The van der Waals surface area contributed by atoms with Crippen molar-refractivity contribution in [2.75, 3.05) is 7.11 Å². The molecule has 164 valence electrons. The minimum atomic E-state index is -3.57. The van der Waals surface area contributed by atoms with Crippen molar-refractivity contribution in [3.8, 4) is 5.75 Å². The highest BCUT2D eigenvalue weighted by atomic mass is 32.2. The lowest BCUT2D eigenvalue weighted by atomic mass is 9.48. The van der Waals surface area contributed by atoms with E-state index in [0.717, 1.165) is 48.3 Å². The molecule has 0 unspecified atom stereocenters. The first-order chi connectivity index (χ1) is 14.8. The lowest BCUT2D eigenvalue weighted by Crippen LogP contribution is -2.48. The molecule has 0 amide bonds. The largest absolute Gasteiger partial charge is 0.496 e. The topological polar surface area (TPSA) is 80.7 Å². The molecule has 0 radical (unpaired) electrons. The smallest absolute Gasteiger partial charge is 0.335 e. The number of carboxylic acid groups (broad SMARTS) is 1. The van der Waals surface area contributed by atoms with Gasteiger partial charge in [0.05, 0.1) is 23.3 Å². The van der Waals surface area contributed by atoms with Crippen LogP contribution in [-0.2, 0) is 21.0 Å². The van der Waals surface area contributed by atoms with Crippen molar-refractivity contribution in [2.45, 2.75) is 54.6 Å². The lowest BCUT2D eigenvalue weighted by Gasteiger charge is -2.57. The van der Waals surface area contributed by atoms with Crippen LogP contribution in [0.25, 0.3) is 0 Å². The average Bonchev–Trinajstić information content (AvgIpc) is 2.72. The number of benzene rings is 2. The number of hydrogen-bond acceptors (Lipinski definition) is 4. The molecule has 4 saturated carbocycles. The number of ether oxygens (including phenoxy) is 1. The summed E-state index contributed by atoms with van der Waals surface area (Å²) in [5, 5.41) is 9.05. The van der Waals surface area contributed by atoms with Gasteiger partial charge >= 0.3 is 5.97 Å². The molecule has 5 nitrogen and oxygen atoms in total. The van der Waals surface area contributed by atoms with Crippen LogP contribution in [0.4, 0.5) is 0 Å². The van der Waals surface area contributed by atoms with E-state index in [-0.39, 0.29) is 16.7 Å². The Morgan fingerprint density at radius 1 is 1.00 bits per heavy atom. The lowest BCUT2D eigenvalue weighted by molar-refractivity contribution is -0.00625. The molecule has 31 heavy (non-hydrogen) atoms. The van der Waals surface area contributed by atoms with Gasteiger partial charge in [-0.25, -0.2) is 13.2 Å². The molecule has 0 heterocycles. The fourth-order valence-electron chi connectivity index (χ4n) is 6.78. The summed E-state index contributed by atoms with van der Waals surface area (Å²) in [6.07, 6.45) is 7.38. The first kappa shape index (κ1) is 20.6. The number of methoxy groups -OCH3 is 1. The third-order valence-electron chi connectivity index (χ3n) is 7.70. The van der Waals surface area contributed by atoms with Crippen LogP contribution in [0.5, 0.6) is 5.75 Å². The van der Waals surface area contributed by atoms with Crippen LogP contribution in [-0.4, -0.2) is 26.6 Å². The van der Waals surface area contributed by atoms with Crippen LogP contribution >= 0.6 is 0 Å². The molecule has 0 saturated heterocycles. The third kappa shape index (κ3) is 3.65. The summed E-state index contributed by atoms with van der Waals surface area (Å²) in [6, 6.07) is 11.4. The van der Waals surface area contributed by atoms with Crippen LogP contribution in [0.1, 0.15) is 60.0 Å². The Morgan fingerprint density at radius 3 is 2.10 bits per heavy atom. The summed E-state index contributed by atoms with van der Waals surface area (Å²) in [4.78, 5) is 11.4. The zero-order valence-electron chi connectivity index (χ0n) is 17.7. The summed E-state index contributed by atoms with van der Waals surface area (Å²) < 4.78 is 32.2. The predicted octanol–water partition coefficient (Wildman–Crippen LogP) is 4.84. The number of sulfone groups is 1. The molecule has 6 heteroatoms. The molecule has 2 aromatic carbocycles. The quantitative estimate of drug-likeness (QED) is 0.695. The molecule has 4 aliphatic rings. The normalized spacial score (nSPS) is 29.1. The summed E-state index contributed by atoms with van der Waals surface area (Å²) in [6.45, 7) is 0. The molecule has 1 N–H and O–H groups in total. The maximum atomic E-state index is 13.2. The minimum Gasteiger partial charge on any atom is -0.496 e. The van der Waals surface area contributed by atoms with Crippen LogP contribution in [0.2, 0.25) is 0 Å². The molecular weight excluding hydrogens is 412 g/mol. The molecular formula is C25H28O5S. The molecule has 0 spiro atoms. The fraction of sp³-hybridized carbons (Fsp3) is 0.480. The van der Waals surface area contributed by atoms with Crippen molar-refractivity contribution in [3.05, 3.63) is 59.2 Å². The van der Waals surface area contributed by atoms with E-state index in [1.54, 1.807) is 25.3 Å². The zero-order chi connectivity index (χ0) is 21.8. The van der Waals surface area contributed by atoms with Crippen molar-refractivity contribution < 1.29 is 23.1 Å². The van der Waals surface area contributed by atoms with Gasteiger partial charge in [-0.3, -0.25) is 0 Å². The molecule has 0 atom stereocenters. The molecule has 4 fully saturated rings. The Kier molecular flexibility index (Phi) is 4.88. The summed E-state index contributed by atoms with van der Waals surface area (Å²) >= 11 is 0. The van der Waals surface area contributed by atoms with Gasteiger partial charge in [-0.1, -0.05) is 12.1 Å². The summed E-state index contributed by atoms with van der Waals surface area (Å²) in [7, 11) is -1.90. The highest BCUT2D eigenvalue weighted by Crippen LogP contribution is 2.62. The van der Waals surface area contributed by atoms with Crippen molar-refractivity contribution >= 4 is 15.8 Å². The van der Waals surface area contributed by atoms with E-state index < -0.39 is 15.8 Å². The van der Waals surface area contributed by atoms with Gasteiger partial charge in [0.2, 0.25) is 0 Å². The van der Waals surface area contributed by atoms with E-state index in [0.29, 0.717) is 10.5 Å². The number of aromatic carboxylic acids is 1. The molecule has 0 aliphatic heterocycles. The number of rotatable bonds is 6. The second-order valence-corrected chi connectivity index (χ2v) is 11.8. The monoisotopic (exact) mass is 440 g/mol. The SMILES string of the molecule is COc1ccc(S(=O)(=O)Cc2ccc(C(=O)O)cc2)cc1C12CC3CC(CC(C3)C1)C2. The van der Waals surface area contributed by atoms with E-state index in [4.69, 9.17) is 9.84 Å². The first-order valence-electron chi connectivity index (χ1n) is 11.0. The second-order valence-electron chi connectivity index (χ2n) is 9.82. The highest BCUT2D eigenvalue weighted by Gasteiger charge is 2.52. The van der Waals surface area contributed by atoms with Gasteiger partial charge < -0.3 is 9.84 Å². The molecule has 4 bridgehead atoms. The average molecular weight is 441 g/mol. The Morgan fingerprint density at radius 2 is 1.58 bits per heavy atom. The van der Waals surface area contributed by atoms with Gasteiger partial charge in [0, 0.05) is 5.56 Å². The number of carboxylic acids is 1. The van der Waals surface area contributed by atoms with Gasteiger partial charge in [-0.2, -0.15) is 0 Å². The second kappa shape index (κ2) is 7.37. The fourth-order valence-corrected chi connectivity index (χ4v) is 8.15. The number of hydrogen-bond donors (Lipinski definition) is 1. The molecule has 4 aliphatic carbocycles. The van der Waals surface area contributed by atoms with Crippen LogP contribution in [0, 0.1) is 17.8 Å². The van der Waals surface area contributed by atoms with Crippen LogP contribution < -0.4 is 4.74 Å².